The lowest BCUT2D eigenvalue weighted by atomic mass is 9.86. The second-order valence-electron chi connectivity index (χ2n) is 10.7. The van der Waals surface area contributed by atoms with Gasteiger partial charge in [-0.05, 0) is 42.8 Å². The number of anilines is 2. The second-order valence-corrected chi connectivity index (χ2v) is 10.7. The third-order valence-electron chi connectivity index (χ3n) is 7.68. The molecule has 0 saturated carbocycles. The summed E-state index contributed by atoms with van der Waals surface area (Å²) >= 11 is 0. The van der Waals surface area contributed by atoms with Crippen LogP contribution in [0.25, 0.3) is 16.7 Å². The highest BCUT2D eigenvalue weighted by molar-refractivity contribution is 5.98. The normalized spacial score (nSPS) is 16.5. The first kappa shape index (κ1) is 29.6. The molecule has 2 atom stereocenters. The summed E-state index contributed by atoms with van der Waals surface area (Å²) < 4.78 is 18.1. The summed E-state index contributed by atoms with van der Waals surface area (Å²) in [5, 5.41) is 34.1. The highest BCUT2D eigenvalue weighted by Gasteiger charge is 2.47. The first-order valence-corrected chi connectivity index (χ1v) is 14.1. The van der Waals surface area contributed by atoms with Gasteiger partial charge < -0.3 is 35.3 Å². The molecule has 45 heavy (non-hydrogen) atoms. The fourth-order valence-electron chi connectivity index (χ4n) is 5.40. The number of pyridine rings is 1. The number of nitrogens with zero attached hydrogens (tertiary/aromatic N) is 5. The van der Waals surface area contributed by atoms with E-state index < -0.39 is 23.5 Å². The Labute approximate surface area is 257 Å². The number of ether oxygens (including phenoxy) is 2. The van der Waals surface area contributed by atoms with Crippen molar-refractivity contribution < 1.29 is 33.8 Å². The lowest BCUT2D eigenvalue weighted by Gasteiger charge is -2.40. The van der Waals surface area contributed by atoms with E-state index in [2.05, 4.69) is 20.6 Å². The average Bonchev–Trinajstić information content (AvgIpc) is 3.61. The molecule has 2 aromatic carbocycles. The Morgan fingerprint density at radius 1 is 1.20 bits per heavy atom. The molecule has 5 aromatic rings. The van der Waals surface area contributed by atoms with Crippen molar-refractivity contribution in [2.45, 2.75) is 25.0 Å². The van der Waals surface area contributed by atoms with Crippen molar-refractivity contribution in [2.24, 2.45) is 0 Å². The maximum atomic E-state index is 14.1. The highest BCUT2D eigenvalue weighted by atomic mass is 16.5. The molecule has 1 fully saturated rings. The minimum Gasteiger partial charge on any atom is -0.507 e. The molecule has 3 aromatic heterocycles. The number of nitrogen functional groups attached to an aromatic ring is 1. The Bertz CT molecular complexity index is 1890. The van der Waals surface area contributed by atoms with Crippen LogP contribution in [0.3, 0.4) is 0 Å². The van der Waals surface area contributed by atoms with Gasteiger partial charge in [-0.3, -0.25) is 14.5 Å². The number of phenolic OH excluding ortho intramolecular Hbond substituents is 1. The van der Waals surface area contributed by atoms with Crippen LogP contribution < -0.4 is 20.7 Å². The number of carbonyl (C=O) groups excluding carboxylic acids is 2. The number of hydrogen-bond acceptors (Lipinski definition) is 11. The van der Waals surface area contributed by atoms with Crippen LogP contribution in [-0.4, -0.2) is 80.5 Å². The van der Waals surface area contributed by atoms with Crippen molar-refractivity contribution in [3.05, 3.63) is 83.7 Å². The molecule has 1 aliphatic heterocycles. The predicted octanol–water partition coefficient (Wildman–Crippen LogP) is 2.15. The lowest BCUT2D eigenvalue weighted by Crippen LogP contribution is -2.63. The monoisotopic (exact) mass is 613 g/mol. The summed E-state index contributed by atoms with van der Waals surface area (Å²) in [6, 6.07) is 16.4. The Balaban J connectivity index is 1.31. The molecule has 0 radical (unpaired) electrons. The van der Waals surface area contributed by atoms with E-state index in [-0.39, 0.29) is 43.2 Å². The number of aliphatic hydroxyl groups is 1. The number of phenols is 1. The predicted molar refractivity (Wildman–Crippen MR) is 162 cm³/mol. The number of hydrogen-bond donors (Lipinski definition) is 4. The molecule has 5 N–H and O–H groups in total. The van der Waals surface area contributed by atoms with Crippen LogP contribution in [0.15, 0.2) is 71.4 Å². The van der Waals surface area contributed by atoms with E-state index in [0.29, 0.717) is 33.9 Å². The number of nitrogens with one attached hydrogen (secondary N) is 1. The Kier molecular flexibility index (Phi) is 7.83. The number of amides is 2. The van der Waals surface area contributed by atoms with E-state index in [4.69, 9.17) is 19.7 Å². The molecule has 0 spiro atoms. The molecule has 1 saturated heterocycles. The number of carbonyl (C=O) groups is 2. The third kappa shape index (κ3) is 5.75. The number of aryl methyl sites for hydroxylation is 1. The zero-order chi connectivity index (χ0) is 31.7. The van der Waals surface area contributed by atoms with E-state index in [1.54, 1.807) is 59.4 Å². The standard InChI is InChI=1S/C31H31N7O7/c1-18-13-25(35-38(18)20-9-10-33-26(15-20)43-2)37-11-12-44-27(30(37)41)31(42,17-34-29(40)21-5-3-4-6-23(21)39)16-19-7-8-22-24(14-19)45-36-28(22)32/h3-10,13-15,27,39,42H,11-12,16-17H2,1-2H3,(H2,32,36)(H,34,40)/t27-,31?/m0/s1. The third-order valence-corrected chi connectivity index (χ3v) is 7.68. The topological polar surface area (TPSA) is 191 Å². The van der Waals surface area contributed by atoms with Crippen LogP contribution in [0.5, 0.6) is 11.6 Å². The quantitative estimate of drug-likeness (QED) is 0.190. The van der Waals surface area contributed by atoms with Crippen molar-refractivity contribution in [3.8, 4) is 17.3 Å². The van der Waals surface area contributed by atoms with E-state index in [1.165, 1.54) is 24.1 Å². The molecule has 6 rings (SSSR count). The van der Waals surface area contributed by atoms with E-state index >= 15 is 0 Å². The number of morpholine rings is 1. The van der Waals surface area contributed by atoms with E-state index in [1.807, 2.05) is 6.92 Å². The zero-order valence-electron chi connectivity index (χ0n) is 24.5. The molecule has 1 aliphatic rings. The van der Waals surface area contributed by atoms with Crippen LogP contribution in [0.1, 0.15) is 21.6 Å². The van der Waals surface area contributed by atoms with Gasteiger partial charge in [0.05, 0.1) is 43.4 Å². The fraction of sp³-hybridized carbons (Fsp3) is 0.258. The van der Waals surface area contributed by atoms with Gasteiger partial charge in [-0.25, -0.2) is 9.67 Å². The number of aromatic hydroxyl groups is 1. The average molecular weight is 614 g/mol. The Morgan fingerprint density at radius 2 is 2.02 bits per heavy atom. The number of benzene rings is 2. The van der Waals surface area contributed by atoms with Gasteiger partial charge in [0.15, 0.2) is 23.3 Å². The van der Waals surface area contributed by atoms with Crippen molar-refractivity contribution in [3.63, 3.8) is 0 Å². The zero-order valence-corrected chi connectivity index (χ0v) is 24.5. The van der Waals surface area contributed by atoms with Crippen molar-refractivity contribution in [2.75, 3.05) is 37.4 Å². The summed E-state index contributed by atoms with van der Waals surface area (Å²) in [6.45, 7) is 1.75. The van der Waals surface area contributed by atoms with Gasteiger partial charge in [0.1, 0.15) is 11.4 Å². The van der Waals surface area contributed by atoms with Gasteiger partial charge in [-0.1, -0.05) is 23.4 Å². The molecule has 2 amide bonds. The van der Waals surface area contributed by atoms with Crippen LogP contribution in [0, 0.1) is 6.92 Å². The molecular weight excluding hydrogens is 582 g/mol. The van der Waals surface area contributed by atoms with Crippen LogP contribution in [0.2, 0.25) is 0 Å². The smallest absolute Gasteiger partial charge is 0.260 e. The number of para-hydroxylation sites is 1. The molecular formula is C31H31N7O7. The summed E-state index contributed by atoms with van der Waals surface area (Å²) in [7, 11) is 1.52. The van der Waals surface area contributed by atoms with E-state index in [9.17, 15) is 19.8 Å². The Hall–Kier alpha value is -5.47. The van der Waals surface area contributed by atoms with Crippen LogP contribution in [-0.2, 0) is 16.0 Å². The molecule has 232 valence electrons. The van der Waals surface area contributed by atoms with Crippen LogP contribution in [0.4, 0.5) is 11.6 Å². The van der Waals surface area contributed by atoms with Gasteiger partial charge >= 0.3 is 0 Å². The van der Waals surface area contributed by atoms with Crippen LogP contribution >= 0.6 is 0 Å². The molecule has 4 heterocycles. The van der Waals surface area contributed by atoms with Gasteiger partial charge in [-0.15, -0.1) is 5.10 Å². The molecule has 14 heteroatoms. The molecule has 0 bridgehead atoms. The minimum absolute atomic E-state index is 0.0182. The van der Waals surface area contributed by atoms with Gasteiger partial charge in [-0.2, -0.15) is 0 Å². The second kappa shape index (κ2) is 11.9. The number of methoxy groups -OCH3 is 1. The van der Waals surface area contributed by atoms with Gasteiger partial charge in [0, 0.05) is 30.4 Å². The maximum absolute atomic E-state index is 14.1. The summed E-state index contributed by atoms with van der Waals surface area (Å²) in [5.74, 6) is -0.395. The van der Waals surface area contributed by atoms with Gasteiger partial charge in [0.25, 0.3) is 11.8 Å². The summed E-state index contributed by atoms with van der Waals surface area (Å²) in [5.41, 5.74) is 6.36. The Morgan fingerprint density at radius 3 is 2.82 bits per heavy atom. The van der Waals surface area contributed by atoms with Crippen molar-refractivity contribution in [1.29, 1.82) is 0 Å². The van der Waals surface area contributed by atoms with Gasteiger partial charge in [0.2, 0.25) is 5.88 Å². The fourth-order valence-corrected chi connectivity index (χ4v) is 5.40. The van der Waals surface area contributed by atoms with E-state index in [0.717, 1.165) is 5.69 Å². The highest BCUT2D eigenvalue weighted by Crippen LogP contribution is 2.30. The molecule has 14 nitrogen and oxygen atoms in total. The summed E-state index contributed by atoms with van der Waals surface area (Å²) in [6.07, 6.45) is 0.0933. The molecule has 1 unspecified atom stereocenters. The number of nitrogens with two attached hydrogens (primary N) is 1. The summed E-state index contributed by atoms with van der Waals surface area (Å²) in [4.78, 5) is 32.7. The maximum Gasteiger partial charge on any atom is 0.260 e. The lowest BCUT2D eigenvalue weighted by molar-refractivity contribution is -0.157. The van der Waals surface area contributed by atoms with Crippen molar-refractivity contribution in [1.82, 2.24) is 25.2 Å². The first-order valence-electron chi connectivity index (χ1n) is 14.1. The number of aromatic nitrogens is 4. The SMILES string of the molecule is COc1cc(-n2nc(N3CCO[C@H](C(O)(CNC(=O)c4ccccc4O)Cc4ccc5c(N)noc5c4)C3=O)cc2C)ccn1. The minimum atomic E-state index is -1.94. The van der Waals surface area contributed by atoms with Crippen molar-refractivity contribution >= 4 is 34.4 Å². The number of fused-ring (bicyclic) bond motifs is 1. The number of rotatable bonds is 9. The largest absolute Gasteiger partial charge is 0.507 e. The molecule has 0 aliphatic carbocycles. The first-order chi connectivity index (χ1) is 21.7.